The van der Waals surface area contributed by atoms with Crippen LogP contribution in [0.4, 0.5) is 5.13 Å². The first kappa shape index (κ1) is 14.6. The van der Waals surface area contributed by atoms with Crippen LogP contribution in [0.2, 0.25) is 0 Å². The van der Waals surface area contributed by atoms with Crippen molar-refractivity contribution in [1.29, 1.82) is 0 Å². The van der Waals surface area contributed by atoms with Gasteiger partial charge >= 0.3 is 5.97 Å². The minimum atomic E-state index is -0.971. The minimum Gasteiger partial charge on any atom is -0.481 e. The summed E-state index contributed by atoms with van der Waals surface area (Å²) in [6.45, 7) is 5.93. The number of nitrogens with zero attached hydrogens (tertiary/aromatic N) is 2. The quantitative estimate of drug-likeness (QED) is 0.918. The van der Waals surface area contributed by atoms with Crippen molar-refractivity contribution in [3.63, 3.8) is 0 Å². The van der Waals surface area contributed by atoms with Gasteiger partial charge in [0.15, 0.2) is 5.13 Å². The van der Waals surface area contributed by atoms with Crippen molar-refractivity contribution in [2.45, 2.75) is 32.7 Å². The summed E-state index contributed by atoms with van der Waals surface area (Å²) < 4.78 is 5.27. The second-order valence-corrected chi connectivity index (χ2v) is 6.14. The Labute approximate surface area is 121 Å². The molecule has 0 spiro atoms. The highest BCUT2D eigenvalue weighted by atomic mass is 32.1. The molecule has 0 aliphatic heterocycles. The van der Waals surface area contributed by atoms with Crippen LogP contribution in [0, 0.1) is 6.92 Å². The molecule has 108 valence electrons. The molecule has 20 heavy (non-hydrogen) atoms. The molecule has 0 fully saturated rings. The molecule has 0 amide bonds. The van der Waals surface area contributed by atoms with Crippen LogP contribution in [0.1, 0.15) is 30.9 Å². The second kappa shape index (κ2) is 5.28. The Morgan fingerprint density at radius 1 is 1.55 bits per heavy atom. The molecule has 0 bridgehead atoms. The number of carboxylic acids is 1. The Balaban J connectivity index is 2.17. The average Bonchev–Trinajstić information content (AvgIpc) is 2.99. The van der Waals surface area contributed by atoms with E-state index in [1.54, 1.807) is 20.1 Å². The molecular weight excluding hydrogens is 276 g/mol. The summed E-state index contributed by atoms with van der Waals surface area (Å²) in [4.78, 5) is 17.7. The summed E-state index contributed by atoms with van der Waals surface area (Å²) >= 11 is 1.45. The zero-order chi connectivity index (χ0) is 14.9. The fourth-order valence-electron chi connectivity index (χ4n) is 1.73. The Bertz CT molecular complexity index is 615. The van der Waals surface area contributed by atoms with Gasteiger partial charge in [0.25, 0.3) is 0 Å². The number of rotatable bonds is 5. The third kappa shape index (κ3) is 2.70. The van der Waals surface area contributed by atoms with Gasteiger partial charge in [-0.1, -0.05) is 0 Å². The highest BCUT2D eigenvalue weighted by Gasteiger charge is 2.32. The van der Waals surface area contributed by atoms with Gasteiger partial charge in [-0.2, -0.15) is 0 Å². The number of anilines is 1. The van der Waals surface area contributed by atoms with Crippen molar-refractivity contribution in [3.05, 3.63) is 34.7 Å². The summed E-state index contributed by atoms with van der Waals surface area (Å²) in [5.74, 6) is 0.0159. The van der Waals surface area contributed by atoms with Crippen molar-refractivity contribution in [2.75, 3.05) is 11.9 Å². The maximum Gasteiger partial charge on any atom is 0.315 e. The van der Waals surface area contributed by atoms with E-state index in [9.17, 15) is 9.90 Å². The van der Waals surface area contributed by atoms with Gasteiger partial charge in [0.2, 0.25) is 0 Å². The first-order valence-electron chi connectivity index (χ1n) is 6.26. The third-order valence-electron chi connectivity index (χ3n) is 3.37. The van der Waals surface area contributed by atoms with Crippen molar-refractivity contribution in [1.82, 2.24) is 4.98 Å². The Morgan fingerprint density at radius 2 is 2.25 bits per heavy atom. The number of aromatic nitrogens is 1. The monoisotopic (exact) mass is 294 g/mol. The lowest BCUT2D eigenvalue weighted by atomic mass is 9.90. The standard InChI is InChI=1S/C14H18N2O3S/c1-9-10(5-6-19-9)7-16(4)13-15-11(8-20-13)14(2,3)12(17)18/h5-6,8H,7H2,1-4H3,(H,17,18). The largest absolute Gasteiger partial charge is 0.481 e. The lowest BCUT2D eigenvalue weighted by Gasteiger charge is -2.17. The van der Waals surface area contributed by atoms with E-state index in [1.807, 2.05) is 30.3 Å². The van der Waals surface area contributed by atoms with Crippen LogP contribution in [0.15, 0.2) is 22.1 Å². The third-order valence-corrected chi connectivity index (χ3v) is 4.32. The van der Waals surface area contributed by atoms with E-state index in [-0.39, 0.29) is 0 Å². The van der Waals surface area contributed by atoms with Gasteiger partial charge < -0.3 is 14.4 Å². The molecule has 0 saturated carbocycles. The van der Waals surface area contributed by atoms with Crippen LogP contribution in [0.5, 0.6) is 0 Å². The molecule has 0 radical (unpaired) electrons. The molecule has 1 N–H and O–H groups in total. The Hall–Kier alpha value is -1.82. The van der Waals surface area contributed by atoms with Gasteiger partial charge in [-0.05, 0) is 26.8 Å². The summed E-state index contributed by atoms with van der Waals surface area (Å²) in [6, 6.07) is 1.93. The predicted molar refractivity (Wildman–Crippen MR) is 78.3 cm³/mol. The lowest BCUT2D eigenvalue weighted by molar-refractivity contribution is -0.142. The number of hydrogen-bond donors (Lipinski definition) is 1. The van der Waals surface area contributed by atoms with E-state index < -0.39 is 11.4 Å². The number of carboxylic acid groups (broad SMARTS) is 1. The van der Waals surface area contributed by atoms with E-state index >= 15 is 0 Å². The van der Waals surface area contributed by atoms with Crippen LogP contribution in [0.3, 0.4) is 0 Å². The molecule has 0 aliphatic rings. The van der Waals surface area contributed by atoms with Crippen LogP contribution < -0.4 is 4.90 Å². The van der Waals surface area contributed by atoms with Crippen molar-refractivity contribution in [2.24, 2.45) is 0 Å². The number of carbonyl (C=O) groups is 1. The van der Waals surface area contributed by atoms with Gasteiger partial charge in [-0.15, -0.1) is 11.3 Å². The van der Waals surface area contributed by atoms with E-state index in [2.05, 4.69) is 4.98 Å². The van der Waals surface area contributed by atoms with Crippen molar-refractivity contribution in [3.8, 4) is 0 Å². The number of thiazole rings is 1. The zero-order valence-electron chi connectivity index (χ0n) is 12.0. The van der Waals surface area contributed by atoms with Crippen LogP contribution >= 0.6 is 11.3 Å². The smallest absolute Gasteiger partial charge is 0.315 e. The van der Waals surface area contributed by atoms with E-state index in [0.29, 0.717) is 12.2 Å². The number of aryl methyl sites for hydroxylation is 1. The molecule has 0 aliphatic carbocycles. The molecule has 0 saturated heterocycles. The molecule has 0 atom stereocenters. The Kier molecular flexibility index (Phi) is 3.85. The van der Waals surface area contributed by atoms with E-state index in [4.69, 9.17) is 4.42 Å². The Morgan fingerprint density at radius 3 is 2.80 bits per heavy atom. The van der Waals surface area contributed by atoms with Crippen molar-refractivity contribution >= 4 is 22.4 Å². The molecule has 0 aromatic carbocycles. The van der Waals surface area contributed by atoms with Crippen molar-refractivity contribution < 1.29 is 14.3 Å². The topological polar surface area (TPSA) is 66.6 Å². The molecule has 0 unspecified atom stereocenters. The normalized spacial score (nSPS) is 11.6. The SMILES string of the molecule is Cc1occc1CN(C)c1nc(C(C)(C)C(=O)O)cs1. The average molecular weight is 294 g/mol. The number of hydrogen-bond acceptors (Lipinski definition) is 5. The highest BCUT2D eigenvalue weighted by molar-refractivity contribution is 7.13. The van der Waals surface area contributed by atoms with Crippen LogP contribution in [0.25, 0.3) is 0 Å². The first-order chi connectivity index (χ1) is 9.32. The van der Waals surface area contributed by atoms with Gasteiger partial charge in [-0.25, -0.2) is 4.98 Å². The summed E-state index contributed by atoms with van der Waals surface area (Å²) in [6.07, 6.45) is 1.67. The molecule has 2 heterocycles. The predicted octanol–water partition coefficient (Wildman–Crippen LogP) is 3.04. The summed E-state index contributed by atoms with van der Waals surface area (Å²) in [7, 11) is 1.93. The molecule has 2 aromatic heterocycles. The van der Waals surface area contributed by atoms with Gasteiger partial charge in [-0.3, -0.25) is 4.79 Å². The van der Waals surface area contributed by atoms with Crippen LogP contribution in [-0.2, 0) is 16.8 Å². The molecular formula is C14H18N2O3S. The van der Waals surface area contributed by atoms with E-state index in [0.717, 1.165) is 16.5 Å². The number of furan rings is 1. The maximum absolute atomic E-state index is 11.2. The van der Waals surface area contributed by atoms with Gasteiger partial charge in [0, 0.05) is 24.5 Å². The maximum atomic E-state index is 11.2. The van der Waals surface area contributed by atoms with E-state index in [1.165, 1.54) is 11.3 Å². The molecule has 2 rings (SSSR count). The first-order valence-corrected chi connectivity index (χ1v) is 7.14. The molecule has 5 nitrogen and oxygen atoms in total. The molecule has 6 heteroatoms. The lowest BCUT2D eigenvalue weighted by Crippen LogP contribution is -2.29. The van der Waals surface area contributed by atoms with Gasteiger partial charge in [0.05, 0.1) is 12.0 Å². The number of aliphatic carboxylic acids is 1. The summed E-state index contributed by atoms with van der Waals surface area (Å²) in [5.41, 5.74) is 0.712. The second-order valence-electron chi connectivity index (χ2n) is 5.30. The highest BCUT2D eigenvalue weighted by Crippen LogP contribution is 2.29. The molecule has 2 aromatic rings. The summed E-state index contributed by atoms with van der Waals surface area (Å²) in [5, 5.41) is 11.8. The van der Waals surface area contributed by atoms with Crippen LogP contribution in [-0.4, -0.2) is 23.1 Å². The minimum absolute atomic E-state index is 0.584. The fourth-order valence-corrected chi connectivity index (χ4v) is 2.69. The fraction of sp³-hybridized carbons (Fsp3) is 0.429. The zero-order valence-corrected chi connectivity index (χ0v) is 12.8. The van der Waals surface area contributed by atoms with Gasteiger partial charge in [0.1, 0.15) is 11.2 Å².